The molecule has 0 fully saturated rings. The first kappa shape index (κ1) is 35.4. The summed E-state index contributed by atoms with van der Waals surface area (Å²) in [6.07, 6.45) is 0.353. The standard InChI is InChI=1S/C29H47N5O7/c1-19(2)25(33-29(4,5)6)24(36)17-22(9-8-14-31-27(30)38)26(37)32-23-12-10-21(11-13-23)18-41-28(39)34(7)15-16-40-20(3)35/h10-13,19,22,25,33H,8-9,14-18H2,1-7H3,(H,32,37)(H3,30,31,38)/t22-,25+/m1/s1. The number of Topliss-reactive ketones (excluding diaryl/α,β-unsaturated/α-hetero) is 1. The molecule has 0 bridgehead atoms. The van der Waals surface area contributed by atoms with Gasteiger partial charge >= 0.3 is 18.1 Å². The molecule has 0 aromatic heterocycles. The van der Waals surface area contributed by atoms with Crippen molar-refractivity contribution in [2.75, 3.05) is 32.1 Å². The Morgan fingerprint density at radius 2 is 1.66 bits per heavy atom. The van der Waals surface area contributed by atoms with Gasteiger partial charge in [-0.15, -0.1) is 0 Å². The molecular weight excluding hydrogens is 530 g/mol. The van der Waals surface area contributed by atoms with Gasteiger partial charge in [0.15, 0.2) is 5.78 Å². The molecule has 0 aliphatic carbocycles. The zero-order valence-electron chi connectivity index (χ0n) is 25.4. The van der Waals surface area contributed by atoms with Crippen LogP contribution in [-0.2, 0) is 30.5 Å². The second-order valence-corrected chi connectivity index (χ2v) is 11.4. The van der Waals surface area contributed by atoms with Crippen molar-refractivity contribution in [3.63, 3.8) is 0 Å². The molecule has 0 unspecified atom stereocenters. The van der Waals surface area contributed by atoms with Gasteiger partial charge in [-0.05, 0) is 57.2 Å². The third-order valence-corrected chi connectivity index (χ3v) is 6.08. The van der Waals surface area contributed by atoms with E-state index in [1.54, 1.807) is 24.3 Å². The number of carbonyl (C=O) groups is 5. The molecule has 0 saturated heterocycles. The van der Waals surface area contributed by atoms with E-state index in [-0.39, 0.29) is 49.3 Å². The molecule has 0 spiro atoms. The Morgan fingerprint density at radius 3 is 2.20 bits per heavy atom. The predicted octanol–water partition coefficient (Wildman–Crippen LogP) is 3.19. The van der Waals surface area contributed by atoms with Gasteiger partial charge in [0, 0.05) is 44.1 Å². The lowest BCUT2D eigenvalue weighted by Crippen LogP contribution is -2.51. The summed E-state index contributed by atoms with van der Waals surface area (Å²) >= 11 is 0. The average molecular weight is 578 g/mol. The highest BCUT2D eigenvalue weighted by Crippen LogP contribution is 2.20. The highest BCUT2D eigenvalue weighted by molar-refractivity contribution is 5.96. The Balaban J connectivity index is 2.81. The summed E-state index contributed by atoms with van der Waals surface area (Å²) in [5.41, 5.74) is 6.11. The van der Waals surface area contributed by atoms with Gasteiger partial charge in [-0.2, -0.15) is 0 Å². The zero-order valence-corrected chi connectivity index (χ0v) is 25.4. The van der Waals surface area contributed by atoms with Crippen LogP contribution in [0.5, 0.6) is 0 Å². The van der Waals surface area contributed by atoms with E-state index in [0.717, 1.165) is 0 Å². The number of hydrogen-bond acceptors (Lipinski definition) is 8. The number of nitrogens with one attached hydrogen (secondary N) is 3. The number of nitrogens with zero attached hydrogens (tertiary/aromatic N) is 1. The van der Waals surface area contributed by atoms with Crippen LogP contribution < -0.4 is 21.7 Å². The van der Waals surface area contributed by atoms with Crippen molar-refractivity contribution in [3.8, 4) is 0 Å². The smallest absolute Gasteiger partial charge is 0.409 e. The van der Waals surface area contributed by atoms with E-state index in [4.69, 9.17) is 15.2 Å². The molecule has 5 N–H and O–H groups in total. The Labute approximate surface area is 243 Å². The van der Waals surface area contributed by atoms with Crippen LogP contribution in [0, 0.1) is 11.8 Å². The molecule has 0 aliphatic rings. The second-order valence-electron chi connectivity index (χ2n) is 11.4. The van der Waals surface area contributed by atoms with Gasteiger partial charge in [0.25, 0.3) is 0 Å². The van der Waals surface area contributed by atoms with E-state index in [0.29, 0.717) is 30.6 Å². The van der Waals surface area contributed by atoms with Crippen LogP contribution in [0.15, 0.2) is 24.3 Å². The fourth-order valence-electron chi connectivity index (χ4n) is 3.94. The Hall–Kier alpha value is -3.67. The molecule has 12 nitrogen and oxygen atoms in total. The number of urea groups is 1. The topological polar surface area (TPSA) is 169 Å². The third kappa shape index (κ3) is 15.1. The van der Waals surface area contributed by atoms with Crippen LogP contribution in [-0.4, -0.2) is 73.0 Å². The fourth-order valence-corrected chi connectivity index (χ4v) is 3.94. The van der Waals surface area contributed by atoms with E-state index < -0.39 is 30.1 Å². The quantitative estimate of drug-likeness (QED) is 0.171. The third-order valence-electron chi connectivity index (χ3n) is 6.08. The molecule has 2 atom stereocenters. The van der Waals surface area contributed by atoms with E-state index in [1.807, 2.05) is 34.6 Å². The van der Waals surface area contributed by atoms with Crippen LogP contribution >= 0.6 is 0 Å². The summed E-state index contributed by atoms with van der Waals surface area (Å²) in [5, 5.41) is 8.75. The fraction of sp³-hybridized carbons (Fsp3) is 0.621. The summed E-state index contributed by atoms with van der Waals surface area (Å²) in [6, 6.07) is 5.78. The van der Waals surface area contributed by atoms with Crippen LogP contribution in [0.4, 0.5) is 15.3 Å². The molecule has 0 saturated carbocycles. The number of rotatable bonds is 16. The minimum atomic E-state index is -0.643. The molecule has 230 valence electrons. The number of ether oxygens (including phenoxy) is 2. The van der Waals surface area contributed by atoms with Crippen LogP contribution in [0.2, 0.25) is 0 Å². The summed E-state index contributed by atoms with van der Waals surface area (Å²) in [6.45, 7) is 11.8. The molecule has 0 heterocycles. The SMILES string of the molecule is CC(=O)OCCN(C)C(=O)OCc1ccc(NC(=O)[C@H](CCCNC(N)=O)CC(=O)[C@@H](NC(C)(C)C)C(C)C)cc1. The van der Waals surface area contributed by atoms with E-state index in [1.165, 1.54) is 18.9 Å². The minimum absolute atomic E-state index is 0.0202. The number of carbonyl (C=O) groups excluding carboxylic acids is 5. The van der Waals surface area contributed by atoms with Crippen molar-refractivity contribution in [1.29, 1.82) is 0 Å². The molecule has 12 heteroatoms. The number of benzene rings is 1. The Bertz CT molecular complexity index is 1020. The van der Waals surface area contributed by atoms with Gasteiger partial charge in [0.1, 0.15) is 13.2 Å². The Morgan fingerprint density at radius 1 is 1.02 bits per heavy atom. The number of nitrogens with two attached hydrogens (primary N) is 1. The number of amides is 4. The van der Waals surface area contributed by atoms with Crippen LogP contribution in [0.1, 0.15) is 66.4 Å². The molecular formula is C29H47N5O7. The molecule has 41 heavy (non-hydrogen) atoms. The van der Waals surface area contributed by atoms with Crippen molar-refractivity contribution in [1.82, 2.24) is 15.5 Å². The van der Waals surface area contributed by atoms with Gasteiger partial charge in [-0.1, -0.05) is 26.0 Å². The van der Waals surface area contributed by atoms with Crippen molar-refractivity contribution in [2.24, 2.45) is 17.6 Å². The van der Waals surface area contributed by atoms with E-state index in [9.17, 15) is 24.0 Å². The summed E-state index contributed by atoms with van der Waals surface area (Å²) < 4.78 is 10.1. The van der Waals surface area contributed by atoms with Gasteiger partial charge < -0.3 is 36.1 Å². The van der Waals surface area contributed by atoms with Gasteiger partial charge in [0.05, 0.1) is 12.6 Å². The number of likely N-dealkylation sites (N-methyl/N-ethyl adjacent to an activating group) is 1. The molecule has 1 aromatic carbocycles. The number of ketones is 1. The lowest BCUT2D eigenvalue weighted by atomic mass is 9.88. The zero-order chi connectivity index (χ0) is 31.2. The minimum Gasteiger partial charge on any atom is -0.464 e. The molecule has 1 rings (SSSR count). The number of anilines is 1. The molecule has 1 aromatic rings. The first-order chi connectivity index (χ1) is 19.1. The highest BCUT2D eigenvalue weighted by Gasteiger charge is 2.30. The van der Waals surface area contributed by atoms with Gasteiger partial charge in [-0.3, -0.25) is 14.4 Å². The highest BCUT2D eigenvalue weighted by atomic mass is 16.6. The van der Waals surface area contributed by atoms with Crippen molar-refractivity contribution in [2.45, 2.75) is 79.0 Å². The lowest BCUT2D eigenvalue weighted by molar-refractivity contribution is -0.141. The van der Waals surface area contributed by atoms with E-state index >= 15 is 0 Å². The van der Waals surface area contributed by atoms with Crippen molar-refractivity contribution >= 4 is 35.5 Å². The Kier molecular flexibility index (Phi) is 14.8. The van der Waals surface area contributed by atoms with Gasteiger partial charge in [0.2, 0.25) is 5.91 Å². The maximum atomic E-state index is 13.3. The maximum Gasteiger partial charge on any atom is 0.409 e. The molecule has 0 radical (unpaired) electrons. The largest absolute Gasteiger partial charge is 0.464 e. The van der Waals surface area contributed by atoms with Crippen molar-refractivity contribution < 1.29 is 33.4 Å². The first-order valence-corrected chi connectivity index (χ1v) is 13.8. The van der Waals surface area contributed by atoms with Crippen molar-refractivity contribution in [3.05, 3.63) is 29.8 Å². The summed E-state index contributed by atoms with van der Waals surface area (Å²) in [7, 11) is 1.54. The maximum absolute atomic E-state index is 13.3. The summed E-state index contributed by atoms with van der Waals surface area (Å²) in [4.78, 5) is 61.8. The normalized spacial score (nSPS) is 12.7. The predicted molar refractivity (Wildman–Crippen MR) is 156 cm³/mol. The van der Waals surface area contributed by atoms with Crippen LogP contribution in [0.25, 0.3) is 0 Å². The first-order valence-electron chi connectivity index (χ1n) is 13.8. The molecule has 0 aliphatic heterocycles. The van der Waals surface area contributed by atoms with Crippen LogP contribution in [0.3, 0.4) is 0 Å². The lowest BCUT2D eigenvalue weighted by Gasteiger charge is -2.31. The summed E-state index contributed by atoms with van der Waals surface area (Å²) in [5.74, 6) is -1.34. The average Bonchev–Trinajstić information content (AvgIpc) is 2.87. The molecule has 4 amide bonds. The second kappa shape index (κ2) is 17.2. The number of hydrogen-bond donors (Lipinski definition) is 4. The monoisotopic (exact) mass is 577 g/mol. The number of primary amides is 1. The van der Waals surface area contributed by atoms with E-state index in [2.05, 4.69) is 16.0 Å². The van der Waals surface area contributed by atoms with Gasteiger partial charge in [-0.25, -0.2) is 9.59 Å². The number of esters is 1.